The minimum atomic E-state index is -0.480. The van der Waals surface area contributed by atoms with Crippen LogP contribution in [0.2, 0.25) is 0 Å². The van der Waals surface area contributed by atoms with Crippen molar-refractivity contribution in [3.63, 3.8) is 0 Å². The Morgan fingerprint density at radius 3 is 2.38 bits per heavy atom. The Labute approximate surface area is 123 Å². The molecular weight excluding hydrogens is 268 g/mol. The van der Waals surface area contributed by atoms with E-state index in [1.807, 2.05) is 38.1 Å². The van der Waals surface area contributed by atoms with E-state index in [1.165, 1.54) is 24.3 Å². The number of hydrogen-bond donors (Lipinski definition) is 0. The first kappa shape index (κ1) is 14.7. The summed E-state index contributed by atoms with van der Waals surface area (Å²) in [4.78, 5) is 24.3. The SMILES string of the molecule is CCN(C(=O)c1ccc([N+](=O)[O-])cc1)c1cccc(C)c1. The molecule has 0 aliphatic heterocycles. The molecule has 0 bridgehead atoms. The molecule has 0 saturated heterocycles. The highest BCUT2D eigenvalue weighted by Crippen LogP contribution is 2.20. The number of amides is 1. The lowest BCUT2D eigenvalue weighted by atomic mass is 10.1. The number of nitro benzene ring substituents is 1. The summed E-state index contributed by atoms with van der Waals surface area (Å²) in [7, 11) is 0. The van der Waals surface area contributed by atoms with Crippen LogP contribution < -0.4 is 4.90 Å². The maximum Gasteiger partial charge on any atom is 0.269 e. The monoisotopic (exact) mass is 284 g/mol. The van der Waals surface area contributed by atoms with Gasteiger partial charge in [0.15, 0.2) is 0 Å². The largest absolute Gasteiger partial charge is 0.309 e. The quantitative estimate of drug-likeness (QED) is 0.637. The van der Waals surface area contributed by atoms with E-state index in [0.717, 1.165) is 11.3 Å². The number of nitrogens with zero attached hydrogens (tertiary/aromatic N) is 2. The molecule has 2 aromatic carbocycles. The van der Waals surface area contributed by atoms with E-state index in [0.29, 0.717) is 12.1 Å². The molecule has 0 aromatic heterocycles. The van der Waals surface area contributed by atoms with Crippen molar-refractivity contribution < 1.29 is 9.72 Å². The maximum atomic E-state index is 12.5. The molecule has 0 saturated carbocycles. The van der Waals surface area contributed by atoms with Gasteiger partial charge in [-0.3, -0.25) is 14.9 Å². The van der Waals surface area contributed by atoms with Gasteiger partial charge in [-0.1, -0.05) is 12.1 Å². The summed E-state index contributed by atoms with van der Waals surface area (Å²) in [6.45, 7) is 4.39. The molecule has 0 heterocycles. The molecule has 0 aliphatic rings. The van der Waals surface area contributed by atoms with Crippen LogP contribution in [-0.4, -0.2) is 17.4 Å². The number of hydrogen-bond acceptors (Lipinski definition) is 3. The molecule has 108 valence electrons. The fraction of sp³-hybridized carbons (Fsp3) is 0.188. The Bertz CT molecular complexity index is 665. The first-order valence-corrected chi connectivity index (χ1v) is 6.66. The van der Waals surface area contributed by atoms with Gasteiger partial charge < -0.3 is 4.90 Å². The number of carbonyl (C=O) groups excluding carboxylic acids is 1. The number of carbonyl (C=O) groups is 1. The van der Waals surface area contributed by atoms with Crippen LogP contribution in [0.4, 0.5) is 11.4 Å². The third kappa shape index (κ3) is 3.25. The predicted molar refractivity (Wildman–Crippen MR) is 81.6 cm³/mol. The van der Waals surface area contributed by atoms with Crippen molar-refractivity contribution in [2.24, 2.45) is 0 Å². The highest BCUT2D eigenvalue weighted by molar-refractivity contribution is 6.06. The lowest BCUT2D eigenvalue weighted by Crippen LogP contribution is -2.30. The normalized spacial score (nSPS) is 10.2. The average Bonchev–Trinajstić information content (AvgIpc) is 2.48. The molecule has 5 nitrogen and oxygen atoms in total. The molecule has 0 unspecified atom stereocenters. The van der Waals surface area contributed by atoms with Crippen LogP contribution >= 0.6 is 0 Å². The predicted octanol–water partition coefficient (Wildman–Crippen LogP) is 3.57. The van der Waals surface area contributed by atoms with E-state index in [2.05, 4.69) is 0 Å². The van der Waals surface area contributed by atoms with E-state index < -0.39 is 4.92 Å². The van der Waals surface area contributed by atoms with E-state index in [-0.39, 0.29) is 11.6 Å². The van der Waals surface area contributed by atoms with Crippen LogP contribution in [0.1, 0.15) is 22.8 Å². The second-order valence-corrected chi connectivity index (χ2v) is 4.69. The van der Waals surface area contributed by atoms with Crippen LogP contribution in [-0.2, 0) is 0 Å². The minimum absolute atomic E-state index is 0.0230. The number of benzene rings is 2. The topological polar surface area (TPSA) is 63.5 Å². The third-order valence-corrected chi connectivity index (χ3v) is 3.20. The maximum absolute atomic E-state index is 12.5. The highest BCUT2D eigenvalue weighted by Gasteiger charge is 2.17. The second kappa shape index (κ2) is 6.17. The summed E-state index contributed by atoms with van der Waals surface area (Å²) in [5.74, 6) is -0.169. The molecule has 0 radical (unpaired) electrons. The van der Waals surface area contributed by atoms with Crippen LogP contribution in [0.3, 0.4) is 0 Å². The molecule has 2 aromatic rings. The summed E-state index contributed by atoms with van der Waals surface area (Å²) >= 11 is 0. The number of nitro groups is 1. The molecule has 0 spiro atoms. The Balaban J connectivity index is 2.30. The molecule has 0 N–H and O–H groups in total. The van der Waals surface area contributed by atoms with Gasteiger partial charge in [-0.15, -0.1) is 0 Å². The van der Waals surface area contributed by atoms with Gasteiger partial charge in [0.1, 0.15) is 0 Å². The molecule has 0 fully saturated rings. The molecule has 21 heavy (non-hydrogen) atoms. The Hall–Kier alpha value is -2.69. The van der Waals surface area contributed by atoms with Gasteiger partial charge in [-0.2, -0.15) is 0 Å². The lowest BCUT2D eigenvalue weighted by Gasteiger charge is -2.21. The number of non-ortho nitro benzene ring substituents is 1. The molecule has 5 heteroatoms. The molecule has 0 aliphatic carbocycles. The van der Waals surface area contributed by atoms with Gasteiger partial charge in [0, 0.05) is 29.9 Å². The van der Waals surface area contributed by atoms with Crippen LogP contribution in [0.5, 0.6) is 0 Å². The fourth-order valence-corrected chi connectivity index (χ4v) is 2.12. The zero-order valence-electron chi connectivity index (χ0n) is 11.9. The van der Waals surface area contributed by atoms with Crippen molar-refractivity contribution in [1.29, 1.82) is 0 Å². The summed E-state index contributed by atoms with van der Waals surface area (Å²) in [6.07, 6.45) is 0. The zero-order chi connectivity index (χ0) is 15.4. The summed E-state index contributed by atoms with van der Waals surface area (Å²) < 4.78 is 0. The van der Waals surface area contributed by atoms with Crippen molar-refractivity contribution in [2.45, 2.75) is 13.8 Å². The summed E-state index contributed by atoms with van der Waals surface area (Å²) in [6, 6.07) is 13.3. The zero-order valence-corrected chi connectivity index (χ0v) is 11.9. The minimum Gasteiger partial charge on any atom is -0.309 e. The van der Waals surface area contributed by atoms with E-state index in [9.17, 15) is 14.9 Å². The number of aryl methyl sites for hydroxylation is 1. The van der Waals surface area contributed by atoms with Crippen molar-refractivity contribution in [1.82, 2.24) is 0 Å². The van der Waals surface area contributed by atoms with Gasteiger partial charge >= 0.3 is 0 Å². The van der Waals surface area contributed by atoms with Gasteiger partial charge in [0.05, 0.1) is 4.92 Å². The van der Waals surface area contributed by atoms with Crippen molar-refractivity contribution in [3.8, 4) is 0 Å². The Morgan fingerprint density at radius 1 is 1.19 bits per heavy atom. The molecule has 0 atom stereocenters. The van der Waals surface area contributed by atoms with Gasteiger partial charge in [-0.25, -0.2) is 0 Å². The van der Waals surface area contributed by atoms with Crippen LogP contribution in [0.15, 0.2) is 48.5 Å². The summed E-state index contributed by atoms with van der Waals surface area (Å²) in [5.41, 5.74) is 2.30. The van der Waals surface area contributed by atoms with E-state index in [1.54, 1.807) is 4.90 Å². The Morgan fingerprint density at radius 2 is 1.86 bits per heavy atom. The van der Waals surface area contributed by atoms with Crippen molar-refractivity contribution >= 4 is 17.3 Å². The van der Waals surface area contributed by atoms with Crippen LogP contribution in [0.25, 0.3) is 0 Å². The van der Waals surface area contributed by atoms with Gasteiger partial charge in [-0.05, 0) is 43.7 Å². The lowest BCUT2D eigenvalue weighted by molar-refractivity contribution is -0.384. The van der Waals surface area contributed by atoms with E-state index in [4.69, 9.17) is 0 Å². The van der Waals surface area contributed by atoms with Crippen molar-refractivity contribution in [2.75, 3.05) is 11.4 Å². The number of anilines is 1. The Kier molecular flexibility index (Phi) is 4.33. The molecular formula is C16H16N2O3. The molecule has 2 rings (SSSR count). The fourth-order valence-electron chi connectivity index (χ4n) is 2.12. The van der Waals surface area contributed by atoms with Gasteiger partial charge in [0.25, 0.3) is 11.6 Å². The van der Waals surface area contributed by atoms with E-state index >= 15 is 0 Å². The highest BCUT2D eigenvalue weighted by atomic mass is 16.6. The standard InChI is InChI=1S/C16H16N2O3/c1-3-17(15-6-4-5-12(2)11-15)16(19)13-7-9-14(10-8-13)18(20)21/h4-11H,3H2,1-2H3. The first-order valence-electron chi connectivity index (χ1n) is 6.66. The summed E-state index contributed by atoms with van der Waals surface area (Å²) in [5, 5.41) is 10.6. The average molecular weight is 284 g/mol. The smallest absolute Gasteiger partial charge is 0.269 e. The van der Waals surface area contributed by atoms with Crippen LogP contribution in [0, 0.1) is 17.0 Å². The number of rotatable bonds is 4. The first-order chi connectivity index (χ1) is 10.0. The second-order valence-electron chi connectivity index (χ2n) is 4.69. The van der Waals surface area contributed by atoms with Crippen molar-refractivity contribution in [3.05, 3.63) is 69.8 Å². The molecule has 1 amide bonds. The van der Waals surface area contributed by atoms with Gasteiger partial charge in [0.2, 0.25) is 0 Å². The third-order valence-electron chi connectivity index (χ3n) is 3.20.